The summed E-state index contributed by atoms with van der Waals surface area (Å²) in [4.78, 5) is 26.1. The molecule has 171 valence electrons. The standard InChI is InChI=1S/C24H24BN6O3/c1-15(2)34-22-20(5-4-7-27-22)30-23-28-8-6-19(29-23)16-9-17(11-26)21-18(10-16)24(3,13-32)12-31(21)25-14-33/h4-10,14-15,32H,12-13H2,1-3H3,(H,28,29,30)/t24-/m1/s1. The number of nitriles is 1. The molecule has 4 rings (SSSR count). The molecule has 1 radical (unpaired) electrons. The molecule has 9 nitrogen and oxygen atoms in total. The summed E-state index contributed by atoms with van der Waals surface area (Å²) in [6.45, 7) is 6.01. The number of hydrogen-bond acceptors (Lipinski definition) is 9. The van der Waals surface area contributed by atoms with Gasteiger partial charge in [-0.3, -0.25) is 0 Å². The summed E-state index contributed by atoms with van der Waals surface area (Å²) >= 11 is 0. The fourth-order valence-corrected chi connectivity index (χ4v) is 4.02. The molecule has 1 atom stereocenters. The van der Waals surface area contributed by atoms with Crippen molar-refractivity contribution in [1.29, 1.82) is 5.26 Å². The Labute approximate surface area is 198 Å². The molecule has 3 heterocycles. The van der Waals surface area contributed by atoms with Gasteiger partial charge in [0.25, 0.3) is 0 Å². The quantitative estimate of drug-likeness (QED) is 0.390. The van der Waals surface area contributed by atoms with Crippen LogP contribution in [0.4, 0.5) is 17.3 Å². The number of carbonyl (C=O) groups excluding carboxylic acids is 1. The molecule has 0 saturated carbocycles. The van der Waals surface area contributed by atoms with Crippen molar-refractivity contribution in [2.75, 3.05) is 23.3 Å². The second kappa shape index (κ2) is 9.49. The van der Waals surface area contributed by atoms with Gasteiger partial charge >= 0.3 is 7.41 Å². The monoisotopic (exact) mass is 455 g/mol. The zero-order valence-corrected chi connectivity index (χ0v) is 19.2. The third-order valence-corrected chi connectivity index (χ3v) is 5.59. The fourth-order valence-electron chi connectivity index (χ4n) is 4.02. The molecule has 0 fully saturated rings. The minimum Gasteiger partial charge on any atom is -0.473 e. The highest BCUT2D eigenvalue weighted by molar-refractivity contribution is 6.70. The number of aromatic nitrogens is 3. The van der Waals surface area contributed by atoms with Crippen LogP contribution >= 0.6 is 0 Å². The van der Waals surface area contributed by atoms with Crippen LogP contribution in [0.1, 0.15) is 31.9 Å². The predicted molar refractivity (Wildman–Crippen MR) is 130 cm³/mol. The summed E-state index contributed by atoms with van der Waals surface area (Å²) in [5.74, 6) is 0.792. The van der Waals surface area contributed by atoms with E-state index in [1.807, 2.05) is 32.9 Å². The van der Waals surface area contributed by atoms with Crippen LogP contribution in [0.3, 0.4) is 0 Å². The first-order chi connectivity index (χ1) is 16.4. The molecule has 3 aromatic rings. The molecule has 1 aromatic carbocycles. The number of hydrogen-bond donors (Lipinski definition) is 2. The van der Waals surface area contributed by atoms with Crippen LogP contribution in [0, 0.1) is 11.3 Å². The van der Waals surface area contributed by atoms with Crippen LogP contribution in [-0.4, -0.2) is 52.9 Å². The predicted octanol–water partition coefficient (Wildman–Crippen LogP) is 2.82. The van der Waals surface area contributed by atoms with Gasteiger partial charge in [0.2, 0.25) is 11.8 Å². The average molecular weight is 455 g/mol. The lowest BCUT2D eigenvalue weighted by Crippen LogP contribution is -2.36. The molecule has 1 aliphatic heterocycles. The summed E-state index contributed by atoms with van der Waals surface area (Å²) in [6.07, 6.45) is 3.91. The Morgan fingerprint density at radius 1 is 1.35 bits per heavy atom. The summed E-state index contributed by atoms with van der Waals surface area (Å²) in [5.41, 5.74) is 3.12. The minimum absolute atomic E-state index is 0.0459. The maximum atomic E-state index is 11.1. The van der Waals surface area contributed by atoms with E-state index in [9.17, 15) is 15.2 Å². The third kappa shape index (κ3) is 4.43. The molecule has 0 amide bonds. The number of aliphatic hydroxyl groups is 1. The molecule has 2 N–H and O–H groups in total. The number of pyridine rings is 1. The van der Waals surface area contributed by atoms with E-state index in [-0.39, 0.29) is 12.7 Å². The van der Waals surface area contributed by atoms with Crippen LogP contribution < -0.4 is 14.9 Å². The van der Waals surface area contributed by atoms with E-state index >= 15 is 0 Å². The number of rotatable bonds is 8. The summed E-state index contributed by atoms with van der Waals surface area (Å²) < 4.78 is 5.76. The molecule has 10 heteroatoms. The van der Waals surface area contributed by atoms with Gasteiger partial charge in [-0.05, 0) is 49.7 Å². The lowest BCUT2D eigenvalue weighted by atomic mass is 9.83. The van der Waals surface area contributed by atoms with Crippen molar-refractivity contribution in [1.82, 2.24) is 15.0 Å². The van der Waals surface area contributed by atoms with Crippen molar-refractivity contribution in [3.63, 3.8) is 0 Å². The maximum absolute atomic E-state index is 11.1. The molecule has 0 bridgehead atoms. The van der Waals surface area contributed by atoms with E-state index in [2.05, 4.69) is 26.3 Å². The lowest BCUT2D eigenvalue weighted by molar-refractivity contribution is 0.217. The molecule has 0 aliphatic carbocycles. The highest BCUT2D eigenvalue weighted by Gasteiger charge is 2.40. The molecule has 0 unspecified atom stereocenters. The van der Waals surface area contributed by atoms with Crippen molar-refractivity contribution < 1.29 is 14.6 Å². The first kappa shape index (κ1) is 23.2. The minimum atomic E-state index is -0.636. The Kier molecular flexibility index (Phi) is 6.48. The van der Waals surface area contributed by atoms with Crippen molar-refractivity contribution in [2.45, 2.75) is 32.3 Å². The largest absolute Gasteiger partial charge is 0.473 e. The fraction of sp³-hybridized carbons (Fsp3) is 0.292. The highest BCUT2D eigenvalue weighted by Crippen LogP contribution is 2.44. The van der Waals surface area contributed by atoms with E-state index in [1.165, 1.54) is 7.41 Å². The number of nitrogens with zero attached hydrogens (tertiary/aromatic N) is 5. The van der Waals surface area contributed by atoms with Crippen LogP contribution in [0.15, 0.2) is 42.7 Å². The number of fused-ring (bicyclic) bond motifs is 1. The number of ether oxygens (including phenoxy) is 1. The second-order valence-corrected chi connectivity index (χ2v) is 8.58. The Morgan fingerprint density at radius 2 is 2.18 bits per heavy atom. The van der Waals surface area contributed by atoms with Crippen LogP contribution in [0.25, 0.3) is 11.3 Å². The summed E-state index contributed by atoms with van der Waals surface area (Å²) in [6, 6.07) is 11.2. The summed E-state index contributed by atoms with van der Waals surface area (Å²) in [5, 5.41) is 23.1. The zero-order chi connectivity index (χ0) is 24.3. The number of carbonyl (C=O) groups is 1. The first-order valence-corrected chi connectivity index (χ1v) is 10.9. The van der Waals surface area contributed by atoms with E-state index in [0.717, 1.165) is 5.56 Å². The van der Waals surface area contributed by atoms with Crippen LogP contribution in [0.5, 0.6) is 5.88 Å². The highest BCUT2D eigenvalue weighted by atomic mass is 16.5. The van der Waals surface area contributed by atoms with Gasteiger partial charge in [0.05, 0.1) is 24.0 Å². The Bertz CT molecular complexity index is 1260. The normalized spacial score (nSPS) is 16.6. The molecule has 34 heavy (non-hydrogen) atoms. The molecule has 2 aromatic heterocycles. The Morgan fingerprint density at radius 3 is 2.88 bits per heavy atom. The first-order valence-electron chi connectivity index (χ1n) is 10.9. The SMILES string of the molecule is CC(C)Oc1ncccc1Nc1nccc(-c2cc(C#N)c3c(c2)[C@@](C)(CO)CN3[B]C=O)n1. The number of nitrogens with one attached hydrogen (secondary N) is 1. The van der Waals surface area contributed by atoms with Gasteiger partial charge < -0.3 is 24.8 Å². The van der Waals surface area contributed by atoms with Crippen LogP contribution in [-0.2, 0) is 10.2 Å². The van der Waals surface area contributed by atoms with Crippen molar-refractivity contribution in [3.8, 4) is 23.2 Å². The molecule has 0 saturated heterocycles. The molecule has 1 aliphatic rings. The summed E-state index contributed by atoms with van der Waals surface area (Å²) in [7, 11) is 1.39. The average Bonchev–Trinajstić information content (AvgIpc) is 3.12. The van der Waals surface area contributed by atoms with Gasteiger partial charge in [-0.1, -0.05) is 6.92 Å². The smallest absolute Gasteiger partial charge is 0.329 e. The van der Waals surface area contributed by atoms with Gasteiger partial charge in [-0.25, -0.2) is 15.0 Å². The van der Waals surface area contributed by atoms with Gasteiger partial charge in [-0.15, -0.1) is 0 Å². The van der Waals surface area contributed by atoms with Gasteiger partial charge in [-0.2, -0.15) is 5.26 Å². The van der Waals surface area contributed by atoms with Crippen molar-refractivity contribution >= 4 is 30.9 Å². The Balaban J connectivity index is 1.74. The Hall–Kier alpha value is -3.97. The van der Waals surface area contributed by atoms with Crippen molar-refractivity contribution in [2.24, 2.45) is 0 Å². The molecule has 0 spiro atoms. The second-order valence-electron chi connectivity index (χ2n) is 8.58. The molecular weight excluding hydrogens is 431 g/mol. The van der Waals surface area contributed by atoms with Gasteiger partial charge in [0.15, 0.2) is 0 Å². The van der Waals surface area contributed by atoms with Gasteiger partial charge in [0, 0.05) is 35.6 Å². The lowest BCUT2D eigenvalue weighted by Gasteiger charge is -2.23. The number of anilines is 3. The number of benzene rings is 1. The zero-order valence-electron chi connectivity index (χ0n) is 19.2. The molecular formula is C24H24BN6O3. The topological polar surface area (TPSA) is 124 Å². The van der Waals surface area contributed by atoms with E-state index in [4.69, 9.17) is 4.74 Å². The number of aliphatic hydroxyl groups excluding tert-OH is 1. The van der Waals surface area contributed by atoms with Crippen molar-refractivity contribution in [3.05, 3.63) is 53.9 Å². The van der Waals surface area contributed by atoms with Crippen LogP contribution in [0.2, 0.25) is 0 Å². The van der Waals surface area contributed by atoms with E-state index < -0.39 is 5.41 Å². The van der Waals surface area contributed by atoms with Gasteiger partial charge in [0.1, 0.15) is 17.9 Å². The maximum Gasteiger partial charge on any atom is 0.329 e. The third-order valence-electron chi connectivity index (χ3n) is 5.59. The van der Waals surface area contributed by atoms with E-state index in [0.29, 0.717) is 52.8 Å². The van der Waals surface area contributed by atoms with E-state index in [1.54, 1.807) is 35.4 Å².